The maximum absolute atomic E-state index is 13.0. The van der Waals surface area contributed by atoms with Crippen molar-refractivity contribution >= 4 is 0 Å². The van der Waals surface area contributed by atoms with Crippen LogP contribution in [0.25, 0.3) is 0 Å². The van der Waals surface area contributed by atoms with Crippen LogP contribution in [-0.2, 0) is 10.9 Å². The fourth-order valence-electron chi connectivity index (χ4n) is 2.46. The molecule has 2 atom stereocenters. The van der Waals surface area contributed by atoms with Crippen LogP contribution in [0, 0.1) is 0 Å². The van der Waals surface area contributed by atoms with Gasteiger partial charge in [0.15, 0.2) is 0 Å². The van der Waals surface area contributed by atoms with E-state index in [4.69, 9.17) is 4.74 Å². The SMILES string of the molecule is CC(C)N1CCOC(C(O)c2cnccc2C(F)(F)F)C1. The van der Waals surface area contributed by atoms with Crippen LogP contribution >= 0.6 is 0 Å². The molecule has 0 aliphatic carbocycles. The predicted octanol–water partition coefficient (Wildman–Crippen LogP) is 2.24. The van der Waals surface area contributed by atoms with E-state index in [0.717, 1.165) is 18.5 Å². The van der Waals surface area contributed by atoms with Crippen molar-refractivity contribution in [3.05, 3.63) is 29.6 Å². The number of aromatic nitrogens is 1. The van der Waals surface area contributed by atoms with Gasteiger partial charge in [-0.05, 0) is 19.9 Å². The second-order valence-corrected chi connectivity index (χ2v) is 5.40. The highest BCUT2D eigenvalue weighted by molar-refractivity contribution is 5.29. The molecular weight excluding hydrogens is 285 g/mol. The minimum Gasteiger partial charge on any atom is -0.386 e. The predicted molar refractivity (Wildman–Crippen MR) is 70.6 cm³/mol. The number of aliphatic hydroxyl groups excluding tert-OH is 1. The summed E-state index contributed by atoms with van der Waals surface area (Å²) in [4.78, 5) is 5.77. The first kappa shape index (κ1) is 16.2. The molecule has 7 heteroatoms. The molecule has 21 heavy (non-hydrogen) atoms. The van der Waals surface area contributed by atoms with Crippen molar-refractivity contribution in [3.63, 3.8) is 0 Å². The summed E-state index contributed by atoms with van der Waals surface area (Å²) < 4.78 is 44.4. The smallest absolute Gasteiger partial charge is 0.386 e. The second-order valence-electron chi connectivity index (χ2n) is 5.40. The van der Waals surface area contributed by atoms with E-state index in [9.17, 15) is 18.3 Å². The van der Waals surface area contributed by atoms with Gasteiger partial charge >= 0.3 is 6.18 Å². The van der Waals surface area contributed by atoms with Gasteiger partial charge in [0, 0.05) is 37.1 Å². The van der Waals surface area contributed by atoms with Crippen LogP contribution in [0.1, 0.15) is 31.1 Å². The number of morpholine rings is 1. The molecule has 1 N–H and O–H groups in total. The molecular formula is C14H19F3N2O2. The summed E-state index contributed by atoms with van der Waals surface area (Å²) in [6, 6.07) is 1.13. The summed E-state index contributed by atoms with van der Waals surface area (Å²) in [5.74, 6) is 0. The van der Waals surface area contributed by atoms with E-state index in [1.54, 1.807) is 0 Å². The van der Waals surface area contributed by atoms with Gasteiger partial charge in [0.1, 0.15) is 12.2 Å². The fourth-order valence-corrected chi connectivity index (χ4v) is 2.46. The van der Waals surface area contributed by atoms with Crippen LogP contribution in [0.4, 0.5) is 13.2 Å². The fraction of sp³-hybridized carbons (Fsp3) is 0.643. The lowest BCUT2D eigenvalue weighted by molar-refractivity contribution is -0.142. The van der Waals surface area contributed by atoms with Crippen molar-refractivity contribution in [1.29, 1.82) is 0 Å². The van der Waals surface area contributed by atoms with Crippen LogP contribution in [0.5, 0.6) is 0 Å². The number of alkyl halides is 3. The van der Waals surface area contributed by atoms with Crippen molar-refractivity contribution in [2.24, 2.45) is 0 Å². The molecule has 0 spiro atoms. The van der Waals surface area contributed by atoms with Gasteiger partial charge in [0.2, 0.25) is 0 Å². The van der Waals surface area contributed by atoms with Crippen molar-refractivity contribution < 1.29 is 23.0 Å². The van der Waals surface area contributed by atoms with E-state index in [1.807, 2.05) is 13.8 Å². The molecule has 0 saturated carbocycles. The largest absolute Gasteiger partial charge is 0.416 e. The zero-order valence-corrected chi connectivity index (χ0v) is 12.0. The summed E-state index contributed by atoms with van der Waals surface area (Å²) in [6.07, 6.45) is -4.43. The number of hydrogen-bond acceptors (Lipinski definition) is 4. The van der Waals surface area contributed by atoms with E-state index in [1.165, 1.54) is 0 Å². The molecule has 0 bridgehead atoms. The maximum atomic E-state index is 13.0. The molecule has 1 aromatic rings. The van der Waals surface area contributed by atoms with E-state index in [0.29, 0.717) is 19.7 Å². The molecule has 118 valence electrons. The Balaban J connectivity index is 2.22. The number of aliphatic hydroxyl groups is 1. The van der Waals surface area contributed by atoms with Gasteiger partial charge in [-0.15, -0.1) is 0 Å². The molecule has 0 aromatic carbocycles. The zero-order valence-electron chi connectivity index (χ0n) is 12.0. The molecule has 0 amide bonds. The van der Waals surface area contributed by atoms with E-state index >= 15 is 0 Å². The Morgan fingerprint density at radius 1 is 1.43 bits per heavy atom. The van der Waals surface area contributed by atoms with Gasteiger partial charge < -0.3 is 9.84 Å². The monoisotopic (exact) mass is 304 g/mol. The standard InChI is InChI=1S/C14H19F3N2O2/c1-9(2)19-5-6-21-12(8-19)13(20)10-7-18-4-3-11(10)14(15,16)17/h3-4,7,9,12-13,20H,5-6,8H2,1-2H3. The average Bonchev–Trinajstić information content (AvgIpc) is 2.45. The lowest BCUT2D eigenvalue weighted by atomic mass is 9.99. The number of ether oxygens (including phenoxy) is 1. The first-order valence-corrected chi connectivity index (χ1v) is 6.85. The molecule has 1 aromatic heterocycles. The summed E-state index contributed by atoms with van der Waals surface area (Å²) in [7, 11) is 0. The quantitative estimate of drug-likeness (QED) is 0.930. The number of rotatable bonds is 3. The van der Waals surface area contributed by atoms with Crippen LogP contribution in [-0.4, -0.2) is 46.8 Å². The third-order valence-corrected chi connectivity index (χ3v) is 3.68. The van der Waals surface area contributed by atoms with Crippen LogP contribution in [0.2, 0.25) is 0 Å². The summed E-state index contributed by atoms with van der Waals surface area (Å²) in [6.45, 7) is 5.49. The first-order valence-electron chi connectivity index (χ1n) is 6.85. The number of hydrogen-bond donors (Lipinski definition) is 1. The average molecular weight is 304 g/mol. The van der Waals surface area contributed by atoms with Crippen molar-refractivity contribution in [2.45, 2.75) is 38.3 Å². The first-order chi connectivity index (χ1) is 9.80. The van der Waals surface area contributed by atoms with Gasteiger partial charge in [0.25, 0.3) is 0 Å². The van der Waals surface area contributed by atoms with Gasteiger partial charge in [-0.2, -0.15) is 13.2 Å². The van der Waals surface area contributed by atoms with E-state index in [-0.39, 0.29) is 11.6 Å². The van der Waals surface area contributed by atoms with E-state index < -0.39 is 23.9 Å². The van der Waals surface area contributed by atoms with Crippen molar-refractivity contribution in [3.8, 4) is 0 Å². The zero-order chi connectivity index (χ0) is 15.6. The minimum atomic E-state index is -4.52. The molecule has 1 aliphatic rings. The third-order valence-electron chi connectivity index (χ3n) is 3.68. The molecule has 2 heterocycles. The molecule has 1 fully saturated rings. The van der Waals surface area contributed by atoms with Crippen LogP contribution in [0.3, 0.4) is 0 Å². The molecule has 1 saturated heterocycles. The Morgan fingerprint density at radius 3 is 2.76 bits per heavy atom. The Labute approximate surface area is 121 Å². The summed E-state index contributed by atoms with van der Waals surface area (Å²) >= 11 is 0. The molecule has 4 nitrogen and oxygen atoms in total. The van der Waals surface area contributed by atoms with Gasteiger partial charge in [-0.25, -0.2) is 0 Å². The third kappa shape index (κ3) is 3.72. The van der Waals surface area contributed by atoms with Gasteiger partial charge in [-0.3, -0.25) is 9.88 Å². The van der Waals surface area contributed by atoms with E-state index in [2.05, 4.69) is 9.88 Å². The van der Waals surface area contributed by atoms with Gasteiger partial charge in [0.05, 0.1) is 12.2 Å². The Morgan fingerprint density at radius 2 is 2.14 bits per heavy atom. The summed E-state index contributed by atoms with van der Waals surface area (Å²) in [5, 5.41) is 10.3. The number of nitrogens with zero attached hydrogens (tertiary/aromatic N) is 2. The second kappa shape index (κ2) is 6.29. The summed E-state index contributed by atoms with van der Waals surface area (Å²) in [5.41, 5.74) is -1.10. The Hall–Kier alpha value is -1.18. The van der Waals surface area contributed by atoms with Crippen LogP contribution in [0.15, 0.2) is 18.5 Å². The molecule has 2 rings (SSSR count). The van der Waals surface area contributed by atoms with Crippen LogP contribution < -0.4 is 0 Å². The van der Waals surface area contributed by atoms with Crippen molar-refractivity contribution in [1.82, 2.24) is 9.88 Å². The topological polar surface area (TPSA) is 45.6 Å². The van der Waals surface area contributed by atoms with Gasteiger partial charge in [-0.1, -0.05) is 0 Å². The highest BCUT2D eigenvalue weighted by Gasteiger charge is 2.38. The Bertz CT molecular complexity index is 480. The Kier molecular flexibility index (Phi) is 4.85. The molecule has 2 unspecified atom stereocenters. The minimum absolute atomic E-state index is 0.236. The number of halogens is 3. The lowest BCUT2D eigenvalue weighted by Crippen LogP contribution is -2.48. The molecule has 1 aliphatic heterocycles. The maximum Gasteiger partial charge on any atom is 0.416 e. The molecule has 0 radical (unpaired) electrons. The number of pyridine rings is 1. The normalized spacial score (nSPS) is 22.5. The lowest BCUT2D eigenvalue weighted by Gasteiger charge is -2.37. The van der Waals surface area contributed by atoms with Crippen molar-refractivity contribution in [2.75, 3.05) is 19.7 Å². The highest BCUT2D eigenvalue weighted by atomic mass is 19.4. The highest BCUT2D eigenvalue weighted by Crippen LogP contribution is 2.35.